The molecule has 1 N–H and O–H groups in total. The lowest BCUT2D eigenvalue weighted by molar-refractivity contribution is 0.337. The zero-order valence-electron chi connectivity index (χ0n) is 11.4. The molecule has 0 radical (unpaired) electrons. The number of nitrogens with zero attached hydrogens (tertiary/aromatic N) is 1. The predicted octanol–water partition coefficient (Wildman–Crippen LogP) is 4.49. The second-order valence-electron chi connectivity index (χ2n) is 4.61. The van der Waals surface area contributed by atoms with Crippen LogP contribution < -0.4 is 10.1 Å². The van der Waals surface area contributed by atoms with Crippen LogP contribution in [0.3, 0.4) is 0 Å². The number of aromatic nitrogens is 1. The fourth-order valence-corrected chi connectivity index (χ4v) is 2.56. The minimum atomic E-state index is 0.598. The summed E-state index contributed by atoms with van der Waals surface area (Å²) in [5.41, 5.74) is 2.03. The van der Waals surface area contributed by atoms with E-state index >= 15 is 0 Å². The van der Waals surface area contributed by atoms with Crippen LogP contribution in [0.5, 0.6) is 5.75 Å². The molecule has 106 valence electrons. The second-order valence-corrected chi connectivity index (χ2v) is 5.53. The fourth-order valence-electron chi connectivity index (χ4n) is 2.16. The molecule has 0 aliphatic carbocycles. The van der Waals surface area contributed by atoms with Crippen LogP contribution in [0.4, 0.5) is 5.69 Å². The molecule has 1 aromatic heterocycles. The van der Waals surface area contributed by atoms with Crippen molar-refractivity contribution >= 4 is 32.5 Å². The van der Waals surface area contributed by atoms with E-state index in [1.165, 1.54) is 0 Å². The Balaban J connectivity index is 1.60. The largest absolute Gasteiger partial charge is 0.491 e. The number of rotatable bonds is 5. The van der Waals surface area contributed by atoms with E-state index in [-0.39, 0.29) is 0 Å². The summed E-state index contributed by atoms with van der Waals surface area (Å²) in [5.74, 6) is 0.872. The molecule has 0 saturated carbocycles. The average Bonchev–Trinajstić information content (AvgIpc) is 2.52. The number of ether oxygens (including phenoxy) is 1. The van der Waals surface area contributed by atoms with E-state index in [4.69, 9.17) is 4.74 Å². The van der Waals surface area contributed by atoms with Gasteiger partial charge in [-0.2, -0.15) is 0 Å². The number of nitrogens with one attached hydrogen (secondary N) is 1. The molecule has 0 atom stereocenters. The molecule has 3 aromatic rings. The monoisotopic (exact) mass is 342 g/mol. The maximum Gasteiger partial charge on any atom is 0.128 e. The van der Waals surface area contributed by atoms with Gasteiger partial charge in [-0.15, -0.1) is 0 Å². The Morgan fingerprint density at radius 1 is 1.05 bits per heavy atom. The maximum atomic E-state index is 5.86. The molecule has 0 amide bonds. The Morgan fingerprint density at radius 3 is 2.86 bits per heavy atom. The molecule has 0 saturated heterocycles. The molecule has 3 nitrogen and oxygen atoms in total. The number of benzene rings is 2. The SMILES string of the molecule is Brc1cccc(NCCOc2cccc3ncccc23)c1. The standard InChI is InChI=1S/C17H15BrN2O/c18-13-4-1-5-14(12-13)19-10-11-21-17-8-2-7-16-15(17)6-3-9-20-16/h1-9,12,19H,10-11H2. The number of pyridine rings is 1. The Bertz CT molecular complexity index is 740. The molecule has 2 aromatic carbocycles. The highest BCUT2D eigenvalue weighted by Gasteiger charge is 2.01. The highest BCUT2D eigenvalue weighted by Crippen LogP contribution is 2.23. The van der Waals surface area contributed by atoms with Gasteiger partial charge in [-0.25, -0.2) is 0 Å². The number of hydrogen-bond donors (Lipinski definition) is 1. The minimum absolute atomic E-state index is 0.598. The number of fused-ring (bicyclic) bond motifs is 1. The first-order chi connectivity index (χ1) is 10.3. The van der Waals surface area contributed by atoms with Gasteiger partial charge < -0.3 is 10.1 Å². The summed E-state index contributed by atoms with van der Waals surface area (Å²) in [6.07, 6.45) is 1.79. The maximum absolute atomic E-state index is 5.86. The molecule has 21 heavy (non-hydrogen) atoms. The van der Waals surface area contributed by atoms with Gasteiger partial charge in [-0.3, -0.25) is 4.98 Å². The van der Waals surface area contributed by atoms with E-state index in [0.717, 1.165) is 33.4 Å². The Labute approximate surface area is 132 Å². The van der Waals surface area contributed by atoms with Crippen molar-refractivity contribution in [3.05, 3.63) is 65.3 Å². The van der Waals surface area contributed by atoms with Crippen molar-refractivity contribution in [1.82, 2.24) is 4.98 Å². The van der Waals surface area contributed by atoms with Crippen molar-refractivity contribution in [3.63, 3.8) is 0 Å². The van der Waals surface area contributed by atoms with Gasteiger partial charge in [-0.1, -0.05) is 28.1 Å². The molecule has 1 heterocycles. The van der Waals surface area contributed by atoms with Crippen LogP contribution >= 0.6 is 15.9 Å². The lowest BCUT2D eigenvalue weighted by Gasteiger charge is -2.10. The molecule has 3 rings (SSSR count). The average molecular weight is 343 g/mol. The normalized spacial score (nSPS) is 10.5. The van der Waals surface area contributed by atoms with Crippen molar-refractivity contribution in [2.75, 3.05) is 18.5 Å². The van der Waals surface area contributed by atoms with Crippen molar-refractivity contribution in [2.45, 2.75) is 0 Å². The first kappa shape index (κ1) is 13.9. The third kappa shape index (κ3) is 3.52. The summed E-state index contributed by atoms with van der Waals surface area (Å²) in [7, 11) is 0. The summed E-state index contributed by atoms with van der Waals surface area (Å²) < 4.78 is 6.92. The molecule has 0 spiro atoms. The zero-order valence-corrected chi connectivity index (χ0v) is 13.0. The van der Waals surface area contributed by atoms with Crippen LogP contribution in [0.2, 0.25) is 0 Å². The summed E-state index contributed by atoms with van der Waals surface area (Å²) >= 11 is 3.46. The van der Waals surface area contributed by atoms with Crippen molar-refractivity contribution in [2.24, 2.45) is 0 Å². The van der Waals surface area contributed by atoms with E-state index in [9.17, 15) is 0 Å². The molecular formula is C17H15BrN2O. The van der Waals surface area contributed by atoms with Gasteiger partial charge in [0.15, 0.2) is 0 Å². The topological polar surface area (TPSA) is 34.1 Å². The van der Waals surface area contributed by atoms with Crippen molar-refractivity contribution < 1.29 is 4.74 Å². The quantitative estimate of drug-likeness (QED) is 0.693. The molecule has 0 aliphatic heterocycles. The summed E-state index contributed by atoms with van der Waals surface area (Å²) in [4.78, 5) is 4.33. The van der Waals surface area contributed by atoms with Gasteiger partial charge in [0.05, 0.1) is 5.52 Å². The van der Waals surface area contributed by atoms with Crippen LogP contribution in [-0.2, 0) is 0 Å². The van der Waals surface area contributed by atoms with Gasteiger partial charge in [0.1, 0.15) is 12.4 Å². The van der Waals surface area contributed by atoms with E-state index in [2.05, 4.69) is 26.2 Å². The zero-order chi connectivity index (χ0) is 14.5. The predicted molar refractivity (Wildman–Crippen MR) is 89.9 cm³/mol. The van der Waals surface area contributed by atoms with Crippen LogP contribution in [0.25, 0.3) is 10.9 Å². The molecule has 0 fully saturated rings. The van der Waals surface area contributed by atoms with Crippen LogP contribution in [0, 0.1) is 0 Å². The molecule has 4 heteroatoms. The van der Waals surface area contributed by atoms with Gasteiger partial charge >= 0.3 is 0 Å². The molecular weight excluding hydrogens is 328 g/mol. The third-order valence-electron chi connectivity index (χ3n) is 3.12. The molecule has 0 bridgehead atoms. The first-order valence-corrected chi connectivity index (χ1v) is 7.58. The van der Waals surface area contributed by atoms with E-state index in [1.807, 2.05) is 54.6 Å². The smallest absolute Gasteiger partial charge is 0.128 e. The van der Waals surface area contributed by atoms with E-state index in [1.54, 1.807) is 6.20 Å². The van der Waals surface area contributed by atoms with E-state index in [0.29, 0.717) is 6.61 Å². The van der Waals surface area contributed by atoms with Crippen LogP contribution in [0.1, 0.15) is 0 Å². The molecule has 0 aliphatic rings. The van der Waals surface area contributed by atoms with Crippen molar-refractivity contribution in [1.29, 1.82) is 0 Å². The lowest BCUT2D eigenvalue weighted by Crippen LogP contribution is -2.11. The number of anilines is 1. The Morgan fingerprint density at radius 2 is 1.95 bits per heavy atom. The lowest BCUT2D eigenvalue weighted by atomic mass is 10.2. The summed E-state index contributed by atoms with van der Waals surface area (Å²) in [6.45, 7) is 1.34. The molecule has 0 unspecified atom stereocenters. The van der Waals surface area contributed by atoms with Crippen LogP contribution in [0.15, 0.2) is 65.3 Å². The van der Waals surface area contributed by atoms with Gasteiger partial charge in [0, 0.05) is 28.3 Å². The second kappa shape index (κ2) is 6.59. The van der Waals surface area contributed by atoms with Gasteiger partial charge in [0.25, 0.3) is 0 Å². The Kier molecular flexibility index (Phi) is 4.36. The third-order valence-corrected chi connectivity index (χ3v) is 3.61. The number of halogens is 1. The van der Waals surface area contributed by atoms with Crippen LogP contribution in [-0.4, -0.2) is 18.1 Å². The number of hydrogen-bond acceptors (Lipinski definition) is 3. The van der Waals surface area contributed by atoms with Crippen molar-refractivity contribution in [3.8, 4) is 5.75 Å². The van der Waals surface area contributed by atoms with Gasteiger partial charge in [-0.05, 0) is 42.5 Å². The highest BCUT2D eigenvalue weighted by atomic mass is 79.9. The first-order valence-electron chi connectivity index (χ1n) is 6.79. The fraction of sp³-hybridized carbons (Fsp3) is 0.118. The van der Waals surface area contributed by atoms with Gasteiger partial charge in [0.2, 0.25) is 0 Å². The summed E-state index contributed by atoms with van der Waals surface area (Å²) in [6, 6.07) is 18.0. The van der Waals surface area contributed by atoms with E-state index < -0.39 is 0 Å². The highest BCUT2D eigenvalue weighted by molar-refractivity contribution is 9.10. The minimum Gasteiger partial charge on any atom is -0.491 e. The summed E-state index contributed by atoms with van der Waals surface area (Å²) in [5, 5.41) is 4.38. The Hall–Kier alpha value is -2.07.